The van der Waals surface area contributed by atoms with Crippen LogP contribution in [0, 0.1) is 6.57 Å². The molecule has 1 nitrogen and oxygen atoms in total. The Morgan fingerprint density at radius 1 is 0.750 bits per heavy atom. The molecule has 0 saturated carbocycles. The molecule has 0 radical (unpaired) electrons. The first-order valence-corrected chi connectivity index (χ1v) is 5.09. The maximum atomic E-state index is 6.86. The monoisotopic (exact) mass is 205 g/mol. The van der Waals surface area contributed by atoms with E-state index in [0.717, 1.165) is 5.56 Å². The van der Waals surface area contributed by atoms with Gasteiger partial charge >= 0.3 is 0 Å². The normalized spacial score (nSPS) is 10.2. The van der Waals surface area contributed by atoms with Crippen molar-refractivity contribution < 1.29 is 0 Å². The largest absolute Gasteiger partial charge is 0.238 e. The van der Waals surface area contributed by atoms with E-state index in [1.165, 1.54) is 5.56 Å². The molecule has 2 aromatic rings. The molecule has 16 heavy (non-hydrogen) atoms. The minimum absolute atomic E-state index is 0.678. The second-order valence-corrected chi connectivity index (χ2v) is 3.45. The van der Waals surface area contributed by atoms with Crippen molar-refractivity contribution in [2.45, 2.75) is 0 Å². The number of nitrogens with zero attached hydrogens (tertiary/aromatic N) is 1. The van der Waals surface area contributed by atoms with Gasteiger partial charge in [-0.25, -0.2) is 4.85 Å². The van der Waals surface area contributed by atoms with Crippen molar-refractivity contribution in [1.82, 2.24) is 0 Å². The molecule has 0 amide bonds. The van der Waals surface area contributed by atoms with Crippen LogP contribution in [-0.2, 0) is 0 Å². The van der Waals surface area contributed by atoms with Crippen molar-refractivity contribution in [3.05, 3.63) is 77.1 Å². The van der Waals surface area contributed by atoms with Gasteiger partial charge in [-0.05, 0) is 11.1 Å². The Labute approximate surface area is 95.5 Å². The molecule has 0 heterocycles. The SMILES string of the molecule is [C-]#[N+]c1ccc(/C=C/c2ccccc2)cc1. The van der Waals surface area contributed by atoms with Gasteiger partial charge in [0.15, 0.2) is 5.69 Å². The second kappa shape index (κ2) is 4.95. The van der Waals surface area contributed by atoms with Crippen molar-refractivity contribution in [2.75, 3.05) is 0 Å². The van der Waals surface area contributed by atoms with Gasteiger partial charge in [-0.1, -0.05) is 66.7 Å². The van der Waals surface area contributed by atoms with Gasteiger partial charge < -0.3 is 0 Å². The Kier molecular flexibility index (Phi) is 3.15. The highest BCUT2D eigenvalue weighted by Crippen LogP contribution is 2.14. The minimum Gasteiger partial charge on any atom is -0.238 e. The van der Waals surface area contributed by atoms with Gasteiger partial charge in [0.1, 0.15) is 0 Å². The van der Waals surface area contributed by atoms with Crippen molar-refractivity contribution in [1.29, 1.82) is 0 Å². The average Bonchev–Trinajstić information content (AvgIpc) is 2.38. The van der Waals surface area contributed by atoms with E-state index in [1.54, 1.807) is 0 Å². The van der Waals surface area contributed by atoms with Crippen LogP contribution >= 0.6 is 0 Å². The highest BCUT2D eigenvalue weighted by atomic mass is 14.6. The van der Waals surface area contributed by atoms with Crippen LogP contribution in [0.2, 0.25) is 0 Å². The molecule has 0 atom stereocenters. The molecule has 0 unspecified atom stereocenters. The summed E-state index contributed by atoms with van der Waals surface area (Å²) >= 11 is 0. The molecule has 0 aliphatic carbocycles. The molecule has 1 heteroatoms. The predicted octanol–water partition coefficient (Wildman–Crippen LogP) is 4.41. The minimum atomic E-state index is 0.678. The summed E-state index contributed by atoms with van der Waals surface area (Å²) in [5.41, 5.74) is 2.96. The Morgan fingerprint density at radius 3 is 1.88 bits per heavy atom. The summed E-state index contributed by atoms with van der Waals surface area (Å²) in [5.74, 6) is 0. The molecule has 0 aliphatic rings. The third-order valence-electron chi connectivity index (χ3n) is 2.29. The number of rotatable bonds is 2. The van der Waals surface area contributed by atoms with E-state index in [-0.39, 0.29) is 0 Å². The third kappa shape index (κ3) is 2.59. The van der Waals surface area contributed by atoms with Gasteiger partial charge in [0, 0.05) is 0 Å². The molecule has 0 aromatic heterocycles. The first-order chi connectivity index (χ1) is 7.88. The molecular formula is C15H11N. The second-order valence-electron chi connectivity index (χ2n) is 3.45. The molecule has 76 valence electrons. The van der Waals surface area contributed by atoms with Gasteiger partial charge in [0.2, 0.25) is 0 Å². The zero-order chi connectivity index (χ0) is 11.2. The molecule has 2 aromatic carbocycles. The summed E-state index contributed by atoms with van der Waals surface area (Å²) in [4.78, 5) is 3.36. The maximum Gasteiger partial charge on any atom is 0.187 e. The lowest BCUT2D eigenvalue weighted by Gasteiger charge is -1.94. The van der Waals surface area contributed by atoms with E-state index >= 15 is 0 Å². The number of hydrogen-bond donors (Lipinski definition) is 0. The van der Waals surface area contributed by atoms with E-state index in [0.29, 0.717) is 5.69 Å². The van der Waals surface area contributed by atoms with Crippen LogP contribution in [0.4, 0.5) is 5.69 Å². The zero-order valence-corrected chi connectivity index (χ0v) is 8.80. The standard InChI is InChI=1S/C15H11N/c1-16-15-11-9-14(10-12-15)8-7-13-5-3-2-4-6-13/h2-12H/b8-7+. The Hall–Kier alpha value is -2.33. The highest BCUT2D eigenvalue weighted by molar-refractivity contribution is 5.70. The fourth-order valence-corrected chi connectivity index (χ4v) is 1.42. The van der Waals surface area contributed by atoms with E-state index in [9.17, 15) is 0 Å². The maximum absolute atomic E-state index is 6.86. The third-order valence-corrected chi connectivity index (χ3v) is 2.29. The lowest BCUT2D eigenvalue weighted by molar-refractivity contribution is 1.65. The van der Waals surface area contributed by atoms with Crippen LogP contribution < -0.4 is 0 Å². The molecule has 0 N–H and O–H groups in total. The summed E-state index contributed by atoms with van der Waals surface area (Å²) in [6.45, 7) is 6.86. The van der Waals surface area contributed by atoms with Gasteiger partial charge in [0.05, 0.1) is 6.57 Å². The lowest BCUT2D eigenvalue weighted by atomic mass is 10.1. The van der Waals surface area contributed by atoms with Crippen molar-refractivity contribution in [2.24, 2.45) is 0 Å². The van der Waals surface area contributed by atoms with Crippen molar-refractivity contribution in [3.63, 3.8) is 0 Å². The summed E-state index contributed by atoms with van der Waals surface area (Å²) in [5, 5.41) is 0. The van der Waals surface area contributed by atoms with Crippen LogP contribution in [0.3, 0.4) is 0 Å². The average molecular weight is 205 g/mol. The first kappa shape index (κ1) is 10.2. The molecule has 0 fully saturated rings. The summed E-state index contributed by atoms with van der Waals surface area (Å²) in [7, 11) is 0. The predicted molar refractivity (Wildman–Crippen MR) is 68.1 cm³/mol. The van der Waals surface area contributed by atoms with E-state index in [2.05, 4.69) is 23.1 Å². The molecule has 2 rings (SSSR count). The van der Waals surface area contributed by atoms with Gasteiger partial charge in [-0.2, -0.15) is 0 Å². The van der Waals surface area contributed by atoms with Crippen molar-refractivity contribution >= 4 is 17.8 Å². The number of hydrogen-bond acceptors (Lipinski definition) is 0. The summed E-state index contributed by atoms with van der Waals surface area (Å²) in [6, 6.07) is 17.7. The fraction of sp³-hybridized carbons (Fsp3) is 0. The van der Waals surface area contributed by atoms with Gasteiger partial charge in [0.25, 0.3) is 0 Å². The van der Waals surface area contributed by atoms with E-state index in [1.807, 2.05) is 48.5 Å². The quantitative estimate of drug-likeness (QED) is 0.505. The molecule has 0 bridgehead atoms. The Bertz CT molecular complexity index is 516. The van der Waals surface area contributed by atoms with E-state index < -0.39 is 0 Å². The van der Waals surface area contributed by atoms with Crippen molar-refractivity contribution in [3.8, 4) is 0 Å². The molecule has 0 aliphatic heterocycles. The lowest BCUT2D eigenvalue weighted by Crippen LogP contribution is -1.71. The van der Waals surface area contributed by atoms with Crippen LogP contribution in [0.1, 0.15) is 11.1 Å². The molecule has 0 spiro atoms. The van der Waals surface area contributed by atoms with Gasteiger partial charge in [-0.3, -0.25) is 0 Å². The first-order valence-electron chi connectivity index (χ1n) is 5.09. The Morgan fingerprint density at radius 2 is 1.31 bits per heavy atom. The van der Waals surface area contributed by atoms with Crippen LogP contribution in [-0.4, -0.2) is 0 Å². The fourth-order valence-electron chi connectivity index (χ4n) is 1.42. The highest BCUT2D eigenvalue weighted by Gasteiger charge is 1.89. The van der Waals surface area contributed by atoms with Crippen LogP contribution in [0.15, 0.2) is 54.6 Å². The molecular weight excluding hydrogens is 194 g/mol. The van der Waals surface area contributed by atoms with Crippen LogP contribution in [0.5, 0.6) is 0 Å². The Balaban J connectivity index is 2.15. The topological polar surface area (TPSA) is 4.36 Å². The van der Waals surface area contributed by atoms with E-state index in [4.69, 9.17) is 6.57 Å². The summed E-state index contributed by atoms with van der Waals surface area (Å²) in [6.07, 6.45) is 4.11. The summed E-state index contributed by atoms with van der Waals surface area (Å²) < 4.78 is 0. The number of benzene rings is 2. The molecule has 0 saturated heterocycles. The van der Waals surface area contributed by atoms with Crippen LogP contribution in [0.25, 0.3) is 17.0 Å². The smallest absolute Gasteiger partial charge is 0.187 e. The zero-order valence-electron chi connectivity index (χ0n) is 8.80. The van der Waals surface area contributed by atoms with Gasteiger partial charge in [-0.15, -0.1) is 0 Å².